The van der Waals surface area contributed by atoms with Crippen molar-refractivity contribution >= 4 is 11.8 Å². The zero-order valence-corrected chi connectivity index (χ0v) is 7.58. The van der Waals surface area contributed by atoms with E-state index in [-0.39, 0.29) is 12.1 Å². The quantitative estimate of drug-likeness (QED) is 0.590. The summed E-state index contributed by atoms with van der Waals surface area (Å²) < 4.78 is 0. The van der Waals surface area contributed by atoms with Gasteiger partial charge in [0.2, 0.25) is 0 Å². The van der Waals surface area contributed by atoms with E-state index in [1.807, 2.05) is 6.92 Å². The molecule has 2 nitrogen and oxygen atoms in total. The van der Waals surface area contributed by atoms with Crippen LogP contribution in [0, 0.1) is 0 Å². The smallest absolute Gasteiger partial charge is 0.0616 e. The van der Waals surface area contributed by atoms with Gasteiger partial charge in [-0.25, -0.2) is 0 Å². The van der Waals surface area contributed by atoms with Gasteiger partial charge in [0.1, 0.15) is 0 Å². The van der Waals surface area contributed by atoms with Crippen molar-refractivity contribution in [2.24, 2.45) is 5.73 Å². The van der Waals surface area contributed by atoms with Crippen LogP contribution in [0.1, 0.15) is 20.3 Å². The molecule has 0 rings (SSSR count). The average Bonchev–Trinajstić information content (AvgIpc) is 1.89. The van der Waals surface area contributed by atoms with Gasteiger partial charge in [-0.1, -0.05) is 6.92 Å². The van der Waals surface area contributed by atoms with E-state index in [0.717, 1.165) is 11.5 Å². The van der Waals surface area contributed by atoms with Crippen LogP contribution in [-0.2, 0) is 0 Å². The molecule has 0 fully saturated rings. The van der Waals surface area contributed by atoms with Gasteiger partial charge in [-0.3, -0.25) is 0 Å². The third-order valence-corrected chi connectivity index (χ3v) is 2.70. The summed E-state index contributed by atoms with van der Waals surface area (Å²) in [6.45, 7) is 4.08. The molecule has 0 saturated heterocycles. The molecular weight excluding hydrogens is 146 g/mol. The monoisotopic (exact) mass is 163 g/mol. The van der Waals surface area contributed by atoms with E-state index in [0.29, 0.717) is 0 Å². The number of hydrogen-bond donors (Lipinski definition) is 2. The van der Waals surface area contributed by atoms with Crippen LogP contribution in [0.25, 0.3) is 0 Å². The fraction of sp³-hybridized carbons (Fsp3) is 1.00. The summed E-state index contributed by atoms with van der Waals surface area (Å²) >= 11 is 1.80. The van der Waals surface area contributed by atoms with Crippen molar-refractivity contribution in [3.05, 3.63) is 0 Å². The van der Waals surface area contributed by atoms with E-state index in [9.17, 15) is 0 Å². The van der Waals surface area contributed by atoms with Crippen LogP contribution >= 0.6 is 11.8 Å². The van der Waals surface area contributed by atoms with Gasteiger partial charge in [0, 0.05) is 11.3 Å². The molecule has 0 amide bonds. The molecule has 0 saturated carbocycles. The molecular formula is C7H17NOS. The molecule has 3 heteroatoms. The van der Waals surface area contributed by atoms with Crippen molar-refractivity contribution in [2.75, 3.05) is 18.1 Å². The minimum absolute atomic E-state index is 0.0731. The third kappa shape index (κ3) is 5.09. The van der Waals surface area contributed by atoms with E-state index in [1.165, 1.54) is 6.42 Å². The van der Waals surface area contributed by atoms with Crippen molar-refractivity contribution in [1.82, 2.24) is 0 Å². The molecule has 0 bridgehead atoms. The average molecular weight is 163 g/mol. The Bertz CT molecular complexity index is 85.7. The number of thioether (sulfide) groups is 1. The SMILES string of the molecule is CCCSCC(C)(N)CO. The molecule has 3 N–H and O–H groups in total. The Morgan fingerprint density at radius 1 is 1.60 bits per heavy atom. The van der Waals surface area contributed by atoms with Crippen LogP contribution in [-0.4, -0.2) is 28.8 Å². The van der Waals surface area contributed by atoms with Crippen molar-refractivity contribution < 1.29 is 5.11 Å². The van der Waals surface area contributed by atoms with Crippen molar-refractivity contribution in [3.8, 4) is 0 Å². The molecule has 0 radical (unpaired) electrons. The van der Waals surface area contributed by atoms with Gasteiger partial charge in [-0.15, -0.1) is 0 Å². The fourth-order valence-electron chi connectivity index (χ4n) is 0.495. The van der Waals surface area contributed by atoms with E-state index >= 15 is 0 Å². The van der Waals surface area contributed by atoms with E-state index in [2.05, 4.69) is 6.92 Å². The third-order valence-electron chi connectivity index (χ3n) is 1.14. The molecule has 0 aromatic rings. The molecule has 1 unspecified atom stereocenters. The molecule has 0 spiro atoms. The summed E-state index contributed by atoms with van der Waals surface area (Å²) in [5.74, 6) is 1.98. The molecule has 1 atom stereocenters. The van der Waals surface area contributed by atoms with Crippen LogP contribution in [0.4, 0.5) is 0 Å². The zero-order chi connectivity index (χ0) is 8.04. The lowest BCUT2D eigenvalue weighted by molar-refractivity contribution is 0.224. The number of aliphatic hydroxyl groups is 1. The van der Waals surface area contributed by atoms with Gasteiger partial charge < -0.3 is 10.8 Å². The normalized spacial score (nSPS) is 16.8. The molecule has 10 heavy (non-hydrogen) atoms. The lowest BCUT2D eigenvalue weighted by Crippen LogP contribution is -2.42. The second kappa shape index (κ2) is 4.99. The predicted molar refractivity (Wildman–Crippen MR) is 47.3 cm³/mol. The Morgan fingerprint density at radius 2 is 2.20 bits per heavy atom. The standard InChI is InChI=1S/C7H17NOS/c1-3-4-10-6-7(2,8)5-9/h9H,3-6,8H2,1-2H3. The van der Waals surface area contributed by atoms with Crippen LogP contribution < -0.4 is 5.73 Å². The summed E-state index contributed by atoms with van der Waals surface area (Å²) in [4.78, 5) is 0. The first-order chi connectivity index (χ1) is 4.62. The fourth-order valence-corrected chi connectivity index (χ4v) is 1.49. The van der Waals surface area contributed by atoms with Crippen LogP contribution in [0.5, 0.6) is 0 Å². The maximum Gasteiger partial charge on any atom is 0.0616 e. The summed E-state index contributed by atoms with van der Waals surface area (Å²) in [6, 6.07) is 0. The van der Waals surface area contributed by atoms with Gasteiger partial charge in [0.05, 0.1) is 6.61 Å². The predicted octanol–water partition coefficient (Wildman–Crippen LogP) is 0.839. The Hall–Kier alpha value is 0.270. The summed E-state index contributed by atoms with van der Waals surface area (Å²) in [7, 11) is 0. The highest BCUT2D eigenvalue weighted by molar-refractivity contribution is 7.99. The van der Waals surface area contributed by atoms with E-state index < -0.39 is 0 Å². The Morgan fingerprint density at radius 3 is 2.60 bits per heavy atom. The highest BCUT2D eigenvalue weighted by Gasteiger charge is 2.15. The van der Waals surface area contributed by atoms with Gasteiger partial charge >= 0.3 is 0 Å². The van der Waals surface area contributed by atoms with E-state index in [1.54, 1.807) is 11.8 Å². The number of aliphatic hydroxyl groups excluding tert-OH is 1. The second-order valence-corrected chi connectivity index (χ2v) is 3.97. The first kappa shape index (κ1) is 10.3. The first-order valence-electron chi connectivity index (χ1n) is 3.60. The van der Waals surface area contributed by atoms with Crippen LogP contribution in [0.2, 0.25) is 0 Å². The molecule has 0 aliphatic heterocycles. The summed E-state index contributed by atoms with van der Waals surface area (Å²) in [5, 5.41) is 8.76. The molecule has 62 valence electrons. The largest absolute Gasteiger partial charge is 0.394 e. The summed E-state index contributed by atoms with van der Waals surface area (Å²) in [6.07, 6.45) is 1.17. The highest BCUT2D eigenvalue weighted by atomic mass is 32.2. The first-order valence-corrected chi connectivity index (χ1v) is 4.75. The maximum atomic E-state index is 8.76. The number of nitrogens with two attached hydrogens (primary N) is 1. The van der Waals surface area contributed by atoms with Crippen molar-refractivity contribution in [1.29, 1.82) is 0 Å². The molecule has 0 aromatic heterocycles. The Kier molecular flexibility index (Phi) is 5.13. The summed E-state index contributed by atoms with van der Waals surface area (Å²) in [5.41, 5.74) is 5.30. The topological polar surface area (TPSA) is 46.2 Å². The van der Waals surface area contributed by atoms with Gasteiger partial charge in [-0.05, 0) is 19.1 Å². The van der Waals surface area contributed by atoms with Crippen molar-refractivity contribution in [3.63, 3.8) is 0 Å². The molecule has 0 aliphatic carbocycles. The molecule has 0 aliphatic rings. The Labute approximate surface area is 67.2 Å². The van der Waals surface area contributed by atoms with E-state index in [4.69, 9.17) is 10.8 Å². The van der Waals surface area contributed by atoms with Gasteiger partial charge in [0.15, 0.2) is 0 Å². The van der Waals surface area contributed by atoms with Gasteiger partial charge in [-0.2, -0.15) is 11.8 Å². The molecule has 0 heterocycles. The molecule has 0 aromatic carbocycles. The highest BCUT2D eigenvalue weighted by Crippen LogP contribution is 2.10. The van der Waals surface area contributed by atoms with Crippen LogP contribution in [0.15, 0.2) is 0 Å². The minimum Gasteiger partial charge on any atom is -0.394 e. The Balaban J connectivity index is 3.28. The zero-order valence-electron chi connectivity index (χ0n) is 6.76. The second-order valence-electron chi connectivity index (χ2n) is 2.86. The van der Waals surface area contributed by atoms with Gasteiger partial charge in [0.25, 0.3) is 0 Å². The lowest BCUT2D eigenvalue weighted by atomic mass is 10.1. The number of hydrogen-bond acceptors (Lipinski definition) is 3. The van der Waals surface area contributed by atoms with Crippen molar-refractivity contribution in [2.45, 2.75) is 25.8 Å². The minimum atomic E-state index is -0.389. The van der Waals surface area contributed by atoms with Crippen LogP contribution in [0.3, 0.4) is 0 Å². The number of rotatable bonds is 5. The maximum absolute atomic E-state index is 8.76. The lowest BCUT2D eigenvalue weighted by Gasteiger charge is -2.20.